The van der Waals surface area contributed by atoms with Crippen molar-refractivity contribution in [3.05, 3.63) is 59.9 Å². The molecule has 1 saturated heterocycles. The number of anilines is 1. The van der Waals surface area contributed by atoms with Gasteiger partial charge in [0.2, 0.25) is 5.89 Å². The van der Waals surface area contributed by atoms with Crippen LogP contribution in [0.2, 0.25) is 0 Å². The van der Waals surface area contributed by atoms with Gasteiger partial charge in [0, 0.05) is 59.4 Å². The Labute approximate surface area is 216 Å². The number of benzene rings is 1. The number of carbonyl (C=O) groups is 1. The molecule has 0 saturated carbocycles. The Morgan fingerprint density at radius 2 is 1.97 bits per heavy atom. The number of likely N-dealkylation sites (tertiary alicyclic amines) is 1. The van der Waals surface area contributed by atoms with E-state index < -0.39 is 11.5 Å². The number of hydrogen-bond acceptors (Lipinski definition) is 7. The van der Waals surface area contributed by atoms with Crippen molar-refractivity contribution in [2.75, 3.05) is 18.4 Å². The Bertz CT molecular complexity index is 1420. The van der Waals surface area contributed by atoms with Gasteiger partial charge in [-0.15, -0.1) is 0 Å². The highest BCUT2D eigenvalue weighted by atomic mass is 16.3. The van der Waals surface area contributed by atoms with Crippen molar-refractivity contribution in [1.29, 1.82) is 0 Å². The van der Waals surface area contributed by atoms with Gasteiger partial charge < -0.3 is 19.7 Å². The summed E-state index contributed by atoms with van der Waals surface area (Å²) < 4.78 is 7.60. The van der Waals surface area contributed by atoms with Crippen LogP contribution < -0.4 is 5.32 Å². The minimum absolute atomic E-state index is 0.152. The number of nitrogens with zero attached hydrogens (tertiary/aromatic N) is 5. The van der Waals surface area contributed by atoms with E-state index in [4.69, 9.17) is 9.52 Å². The minimum atomic E-state index is -1.19. The summed E-state index contributed by atoms with van der Waals surface area (Å²) in [5.41, 5.74) is 2.43. The molecular formula is C28H34N6O3. The van der Waals surface area contributed by atoms with Crippen molar-refractivity contribution >= 4 is 22.5 Å². The molecular weight excluding hydrogens is 468 g/mol. The highest BCUT2D eigenvalue weighted by Gasteiger charge is 2.26. The van der Waals surface area contributed by atoms with Gasteiger partial charge in [-0.05, 0) is 71.7 Å². The fourth-order valence-electron chi connectivity index (χ4n) is 4.93. The van der Waals surface area contributed by atoms with E-state index in [0.29, 0.717) is 29.2 Å². The molecule has 4 aromatic rings. The third-order valence-corrected chi connectivity index (χ3v) is 7.05. The lowest BCUT2D eigenvalue weighted by atomic mass is 9.95. The van der Waals surface area contributed by atoms with Gasteiger partial charge in [0.05, 0.1) is 17.2 Å². The van der Waals surface area contributed by atoms with Crippen LogP contribution in [0.15, 0.2) is 47.3 Å². The van der Waals surface area contributed by atoms with Crippen LogP contribution in [-0.2, 0) is 5.60 Å². The summed E-state index contributed by atoms with van der Waals surface area (Å²) in [7, 11) is 0. The maximum Gasteiger partial charge on any atom is 0.277 e. The standard InChI is InChI=1S/C28H34N6O3/c1-17(2)33-10-7-21(8-11-33)34-15-20-13-24(22(28(4,5)36)14-23(20)32-34)30-26(35)25-16-37-27(31-25)19-6-9-29-18(3)12-19/h6,9,12-17,21,36H,7-8,10-11H2,1-5H3,(H,30,35). The monoisotopic (exact) mass is 502 g/mol. The van der Waals surface area contributed by atoms with Crippen molar-refractivity contribution in [2.45, 2.75) is 65.1 Å². The lowest BCUT2D eigenvalue weighted by molar-refractivity contribution is 0.0793. The van der Waals surface area contributed by atoms with Crippen LogP contribution in [0.3, 0.4) is 0 Å². The van der Waals surface area contributed by atoms with Crippen LogP contribution in [0, 0.1) is 6.92 Å². The van der Waals surface area contributed by atoms with Gasteiger partial charge in [0.15, 0.2) is 5.69 Å². The van der Waals surface area contributed by atoms with E-state index >= 15 is 0 Å². The van der Waals surface area contributed by atoms with E-state index in [1.165, 1.54) is 6.26 Å². The highest BCUT2D eigenvalue weighted by molar-refractivity contribution is 6.04. The Hall–Kier alpha value is -3.56. The zero-order chi connectivity index (χ0) is 26.3. The minimum Gasteiger partial charge on any atom is -0.444 e. The zero-order valence-electron chi connectivity index (χ0n) is 22.0. The molecule has 0 aliphatic carbocycles. The quantitative estimate of drug-likeness (QED) is 0.385. The second kappa shape index (κ2) is 9.72. The van der Waals surface area contributed by atoms with Crippen molar-refractivity contribution in [3.63, 3.8) is 0 Å². The summed E-state index contributed by atoms with van der Waals surface area (Å²) >= 11 is 0. The van der Waals surface area contributed by atoms with E-state index in [-0.39, 0.29) is 5.69 Å². The zero-order valence-corrected chi connectivity index (χ0v) is 22.0. The summed E-state index contributed by atoms with van der Waals surface area (Å²) in [6.07, 6.45) is 7.13. The first-order chi connectivity index (χ1) is 17.6. The average Bonchev–Trinajstić information content (AvgIpc) is 3.50. The molecule has 5 rings (SSSR count). The molecule has 37 heavy (non-hydrogen) atoms. The molecule has 0 atom stereocenters. The van der Waals surface area contributed by atoms with Crippen LogP contribution in [0.25, 0.3) is 22.4 Å². The van der Waals surface area contributed by atoms with Crippen LogP contribution in [0.5, 0.6) is 0 Å². The van der Waals surface area contributed by atoms with Crippen LogP contribution in [0.4, 0.5) is 5.69 Å². The molecule has 0 radical (unpaired) electrons. The van der Waals surface area contributed by atoms with E-state index in [1.807, 2.05) is 36.0 Å². The average molecular weight is 503 g/mol. The molecule has 1 aliphatic heterocycles. The molecule has 1 aliphatic rings. The number of pyridine rings is 1. The Morgan fingerprint density at radius 1 is 1.22 bits per heavy atom. The predicted octanol–water partition coefficient (Wildman–Crippen LogP) is 4.92. The molecule has 9 nitrogen and oxygen atoms in total. The summed E-state index contributed by atoms with van der Waals surface area (Å²) in [5.74, 6) is -0.0716. The molecule has 0 spiro atoms. The number of aryl methyl sites for hydroxylation is 1. The van der Waals surface area contributed by atoms with Gasteiger partial charge in [0.25, 0.3) is 5.91 Å². The second-order valence-corrected chi connectivity index (χ2v) is 10.7. The summed E-state index contributed by atoms with van der Waals surface area (Å²) in [6, 6.07) is 8.24. The van der Waals surface area contributed by atoms with Crippen LogP contribution in [0.1, 0.15) is 68.3 Å². The molecule has 0 unspecified atom stereocenters. The van der Waals surface area contributed by atoms with Crippen molar-refractivity contribution in [1.82, 2.24) is 24.6 Å². The van der Waals surface area contributed by atoms with Crippen molar-refractivity contribution < 1.29 is 14.3 Å². The van der Waals surface area contributed by atoms with Crippen LogP contribution >= 0.6 is 0 Å². The van der Waals surface area contributed by atoms with Crippen molar-refractivity contribution in [2.24, 2.45) is 0 Å². The first-order valence-corrected chi connectivity index (χ1v) is 12.8. The number of amides is 1. The van der Waals surface area contributed by atoms with Gasteiger partial charge in [-0.25, -0.2) is 4.98 Å². The highest BCUT2D eigenvalue weighted by Crippen LogP contribution is 2.34. The molecule has 9 heteroatoms. The Morgan fingerprint density at radius 3 is 2.65 bits per heavy atom. The lowest BCUT2D eigenvalue weighted by Gasteiger charge is -2.34. The largest absolute Gasteiger partial charge is 0.444 e. The molecule has 3 aromatic heterocycles. The maximum absolute atomic E-state index is 13.1. The van der Waals surface area contributed by atoms with Gasteiger partial charge in [-0.1, -0.05) is 0 Å². The first kappa shape index (κ1) is 25.1. The number of nitrogens with one attached hydrogen (secondary N) is 1. The normalized spacial score (nSPS) is 15.5. The SMILES string of the molecule is Cc1cc(-c2nc(C(=O)Nc3cc4cn(C5CCN(C(C)C)CC5)nc4cc3C(C)(C)O)co2)ccn1. The summed E-state index contributed by atoms with van der Waals surface area (Å²) in [6.45, 7) is 11.8. The smallest absolute Gasteiger partial charge is 0.277 e. The molecule has 1 aromatic carbocycles. The summed E-state index contributed by atoms with van der Waals surface area (Å²) in [5, 5.41) is 19.6. The number of rotatable bonds is 6. The van der Waals surface area contributed by atoms with E-state index in [1.54, 1.807) is 26.1 Å². The van der Waals surface area contributed by atoms with Crippen molar-refractivity contribution in [3.8, 4) is 11.5 Å². The van der Waals surface area contributed by atoms with E-state index in [2.05, 4.69) is 34.0 Å². The number of aliphatic hydroxyl groups is 1. The second-order valence-electron chi connectivity index (χ2n) is 10.7. The number of oxazole rings is 1. The molecule has 194 valence electrons. The number of aromatic nitrogens is 4. The molecule has 4 heterocycles. The number of piperidine rings is 1. The number of hydrogen-bond donors (Lipinski definition) is 2. The maximum atomic E-state index is 13.1. The predicted molar refractivity (Wildman–Crippen MR) is 142 cm³/mol. The first-order valence-electron chi connectivity index (χ1n) is 12.8. The van der Waals surface area contributed by atoms with Crippen LogP contribution in [-0.4, -0.2) is 54.8 Å². The third kappa shape index (κ3) is 5.28. The Balaban J connectivity index is 1.41. The third-order valence-electron chi connectivity index (χ3n) is 7.05. The number of fused-ring (bicyclic) bond motifs is 1. The van der Waals surface area contributed by atoms with Gasteiger partial charge in [0.1, 0.15) is 6.26 Å². The Kier molecular flexibility index (Phi) is 6.59. The van der Waals surface area contributed by atoms with Gasteiger partial charge in [-0.2, -0.15) is 5.10 Å². The lowest BCUT2D eigenvalue weighted by Crippen LogP contribution is -2.39. The molecule has 1 fully saturated rings. The summed E-state index contributed by atoms with van der Waals surface area (Å²) in [4.78, 5) is 24.2. The molecule has 2 N–H and O–H groups in total. The number of carbonyl (C=O) groups excluding carboxylic acids is 1. The molecule has 0 bridgehead atoms. The fourth-order valence-corrected chi connectivity index (χ4v) is 4.93. The van der Waals surface area contributed by atoms with Gasteiger partial charge in [-0.3, -0.25) is 14.5 Å². The van der Waals surface area contributed by atoms with Gasteiger partial charge >= 0.3 is 0 Å². The van der Waals surface area contributed by atoms with E-state index in [9.17, 15) is 9.90 Å². The fraction of sp³-hybridized carbons (Fsp3) is 0.429. The topological polar surface area (TPSA) is 109 Å². The molecule has 1 amide bonds. The van der Waals surface area contributed by atoms with E-state index in [0.717, 1.165) is 48.1 Å².